The number of halogens is 1. The van der Waals surface area contributed by atoms with Gasteiger partial charge in [-0.25, -0.2) is 0 Å². The van der Waals surface area contributed by atoms with E-state index >= 15 is 0 Å². The van der Waals surface area contributed by atoms with Gasteiger partial charge < -0.3 is 10.5 Å². The van der Waals surface area contributed by atoms with Gasteiger partial charge in [0.1, 0.15) is 0 Å². The summed E-state index contributed by atoms with van der Waals surface area (Å²) in [5.74, 6) is 0. The average Bonchev–Trinajstić information content (AvgIpc) is 2.07. The van der Waals surface area contributed by atoms with Gasteiger partial charge in [-0.15, -0.1) is 0 Å². The molecule has 1 atom stereocenters. The molecule has 2 N–H and O–H groups in total. The smallest absolute Gasteiger partial charge is 0.0735 e. The van der Waals surface area contributed by atoms with E-state index in [0.29, 0.717) is 13.2 Å². The van der Waals surface area contributed by atoms with Gasteiger partial charge in [-0.05, 0) is 11.6 Å². The largest absolute Gasteiger partial charge is 0.375 e. The zero-order chi connectivity index (χ0) is 8.55. The molecule has 0 bridgehead atoms. The molecular weight excluding hydrogens is 174 g/mol. The molecule has 1 aromatic carbocycles. The van der Waals surface area contributed by atoms with E-state index in [1.165, 1.54) is 0 Å². The molecule has 0 amide bonds. The van der Waals surface area contributed by atoms with E-state index in [9.17, 15) is 0 Å². The molecule has 0 aliphatic carbocycles. The van der Waals surface area contributed by atoms with Crippen molar-refractivity contribution in [1.29, 1.82) is 0 Å². The summed E-state index contributed by atoms with van der Waals surface area (Å²) < 4.78 is 5.28. The summed E-state index contributed by atoms with van der Waals surface area (Å²) in [5.41, 5.74) is 7.99. The maximum absolute atomic E-state index is 5.97. The molecule has 64 valence electrons. The van der Waals surface area contributed by atoms with Crippen LogP contribution in [0.15, 0.2) is 18.2 Å². The van der Waals surface area contributed by atoms with Gasteiger partial charge in [0.15, 0.2) is 0 Å². The Morgan fingerprint density at radius 2 is 2.33 bits per heavy atom. The first-order chi connectivity index (χ1) is 5.79. The molecule has 0 saturated carbocycles. The minimum absolute atomic E-state index is 0.0209. The van der Waals surface area contributed by atoms with Crippen molar-refractivity contribution in [3.8, 4) is 0 Å². The number of nitrogens with two attached hydrogens (primary N) is 1. The number of hydrogen-bond acceptors (Lipinski definition) is 2. The van der Waals surface area contributed by atoms with Crippen LogP contribution in [0.5, 0.6) is 0 Å². The zero-order valence-electron chi connectivity index (χ0n) is 6.59. The normalized spacial score (nSPS) is 22.0. The Kier molecular flexibility index (Phi) is 2.05. The average molecular weight is 184 g/mol. The second-order valence-electron chi connectivity index (χ2n) is 2.93. The van der Waals surface area contributed by atoms with Crippen molar-refractivity contribution in [2.75, 3.05) is 6.61 Å². The van der Waals surface area contributed by atoms with Crippen LogP contribution in [-0.2, 0) is 11.3 Å². The van der Waals surface area contributed by atoms with E-state index < -0.39 is 0 Å². The minimum atomic E-state index is -0.0209. The second kappa shape index (κ2) is 3.05. The molecule has 3 heteroatoms. The highest BCUT2D eigenvalue weighted by atomic mass is 35.5. The Balaban J connectivity index is 2.52. The van der Waals surface area contributed by atoms with E-state index in [-0.39, 0.29) is 6.04 Å². The third kappa shape index (κ3) is 1.22. The summed E-state index contributed by atoms with van der Waals surface area (Å²) in [6.07, 6.45) is 0. The summed E-state index contributed by atoms with van der Waals surface area (Å²) in [6.45, 7) is 1.18. The first-order valence-electron chi connectivity index (χ1n) is 3.89. The Hall–Kier alpha value is -0.570. The lowest BCUT2D eigenvalue weighted by molar-refractivity contribution is 0.0925. The summed E-state index contributed by atoms with van der Waals surface area (Å²) >= 11 is 5.97. The lowest BCUT2D eigenvalue weighted by Gasteiger charge is -2.23. The molecule has 0 saturated heterocycles. The van der Waals surface area contributed by atoms with Gasteiger partial charge >= 0.3 is 0 Å². The fourth-order valence-corrected chi connectivity index (χ4v) is 1.69. The lowest BCUT2D eigenvalue weighted by Crippen LogP contribution is -2.23. The summed E-state index contributed by atoms with van der Waals surface area (Å²) in [4.78, 5) is 0. The molecule has 1 aliphatic heterocycles. The van der Waals surface area contributed by atoms with Crippen LogP contribution < -0.4 is 5.73 Å². The van der Waals surface area contributed by atoms with Crippen molar-refractivity contribution in [2.45, 2.75) is 12.6 Å². The summed E-state index contributed by atoms with van der Waals surface area (Å²) in [7, 11) is 0. The third-order valence-corrected chi connectivity index (χ3v) is 2.45. The number of benzene rings is 1. The number of hydrogen-bond donors (Lipinski definition) is 1. The third-order valence-electron chi connectivity index (χ3n) is 2.10. The quantitative estimate of drug-likeness (QED) is 0.667. The predicted molar refractivity (Wildman–Crippen MR) is 48.0 cm³/mol. The van der Waals surface area contributed by atoms with Crippen molar-refractivity contribution in [3.63, 3.8) is 0 Å². The van der Waals surface area contributed by atoms with Crippen molar-refractivity contribution < 1.29 is 4.74 Å². The maximum atomic E-state index is 5.97. The maximum Gasteiger partial charge on any atom is 0.0735 e. The van der Waals surface area contributed by atoms with E-state index in [1.54, 1.807) is 0 Å². The van der Waals surface area contributed by atoms with Crippen molar-refractivity contribution in [2.24, 2.45) is 5.73 Å². The molecule has 1 aromatic rings. The zero-order valence-corrected chi connectivity index (χ0v) is 7.34. The highest BCUT2D eigenvalue weighted by molar-refractivity contribution is 6.31. The topological polar surface area (TPSA) is 35.2 Å². The molecule has 1 heterocycles. The fraction of sp³-hybridized carbons (Fsp3) is 0.333. The van der Waals surface area contributed by atoms with Gasteiger partial charge in [-0.1, -0.05) is 23.7 Å². The van der Waals surface area contributed by atoms with Crippen LogP contribution in [0.1, 0.15) is 17.2 Å². The van der Waals surface area contributed by atoms with Crippen molar-refractivity contribution in [3.05, 3.63) is 34.3 Å². The molecule has 1 aliphatic rings. The molecule has 12 heavy (non-hydrogen) atoms. The van der Waals surface area contributed by atoms with E-state index in [1.807, 2.05) is 18.2 Å². The van der Waals surface area contributed by atoms with Gasteiger partial charge in [0.25, 0.3) is 0 Å². The molecular formula is C9H10ClNO. The highest BCUT2D eigenvalue weighted by Crippen LogP contribution is 2.28. The van der Waals surface area contributed by atoms with Crippen LogP contribution in [-0.4, -0.2) is 6.61 Å². The fourth-order valence-electron chi connectivity index (χ4n) is 1.45. The Morgan fingerprint density at radius 1 is 1.50 bits per heavy atom. The van der Waals surface area contributed by atoms with Crippen LogP contribution in [0.3, 0.4) is 0 Å². The van der Waals surface area contributed by atoms with Gasteiger partial charge in [0.2, 0.25) is 0 Å². The SMILES string of the molecule is N[C@H]1COCc2c(Cl)cccc21. The van der Waals surface area contributed by atoms with Gasteiger partial charge in [-0.2, -0.15) is 0 Å². The first-order valence-corrected chi connectivity index (χ1v) is 4.27. The first kappa shape index (κ1) is 8.05. The van der Waals surface area contributed by atoms with Crippen LogP contribution in [0.2, 0.25) is 5.02 Å². The van der Waals surface area contributed by atoms with Crippen LogP contribution in [0, 0.1) is 0 Å². The van der Waals surface area contributed by atoms with Gasteiger partial charge in [0.05, 0.1) is 19.3 Å². The molecule has 2 nitrogen and oxygen atoms in total. The highest BCUT2D eigenvalue weighted by Gasteiger charge is 2.18. The van der Waals surface area contributed by atoms with Crippen molar-refractivity contribution in [1.82, 2.24) is 0 Å². The standard InChI is InChI=1S/C9H10ClNO/c10-8-3-1-2-6-7(8)4-12-5-9(6)11/h1-3,9H,4-5,11H2/t9-/m0/s1. The Labute approximate surface area is 76.3 Å². The molecule has 2 rings (SSSR count). The minimum Gasteiger partial charge on any atom is -0.375 e. The van der Waals surface area contributed by atoms with Crippen molar-refractivity contribution >= 4 is 11.6 Å². The molecule has 0 radical (unpaired) electrons. The van der Waals surface area contributed by atoms with Gasteiger partial charge in [-0.3, -0.25) is 0 Å². The number of rotatable bonds is 0. The van der Waals surface area contributed by atoms with E-state index in [0.717, 1.165) is 16.1 Å². The predicted octanol–water partition coefficient (Wildman–Crippen LogP) is 1.87. The lowest BCUT2D eigenvalue weighted by atomic mass is 10.00. The summed E-state index contributed by atoms with van der Waals surface area (Å²) in [5, 5.41) is 0.752. The molecule has 0 spiro atoms. The monoisotopic (exact) mass is 183 g/mol. The Morgan fingerprint density at radius 3 is 3.08 bits per heavy atom. The van der Waals surface area contributed by atoms with Gasteiger partial charge in [0, 0.05) is 10.6 Å². The summed E-state index contributed by atoms with van der Waals surface area (Å²) in [6, 6.07) is 5.77. The molecule has 0 fully saturated rings. The van der Waals surface area contributed by atoms with E-state index in [2.05, 4.69) is 0 Å². The van der Waals surface area contributed by atoms with Crippen LogP contribution in [0.25, 0.3) is 0 Å². The van der Waals surface area contributed by atoms with E-state index in [4.69, 9.17) is 22.1 Å². The number of fused-ring (bicyclic) bond motifs is 1. The second-order valence-corrected chi connectivity index (χ2v) is 3.34. The van der Waals surface area contributed by atoms with Crippen LogP contribution in [0.4, 0.5) is 0 Å². The molecule has 0 unspecified atom stereocenters. The van der Waals surface area contributed by atoms with Crippen LogP contribution >= 0.6 is 11.6 Å². The molecule has 0 aromatic heterocycles. The number of ether oxygens (including phenoxy) is 1. The Bertz CT molecular complexity index is 301.